The summed E-state index contributed by atoms with van der Waals surface area (Å²) in [4.78, 5) is 19.7. The van der Waals surface area contributed by atoms with Crippen LogP contribution in [0.1, 0.15) is 24.8 Å². The van der Waals surface area contributed by atoms with Crippen LogP contribution >= 0.6 is 11.3 Å². The molecule has 2 aromatic carbocycles. The molecular weight excluding hydrogens is 446 g/mol. The van der Waals surface area contributed by atoms with Gasteiger partial charge in [0.1, 0.15) is 0 Å². The zero-order valence-electron chi connectivity index (χ0n) is 18.1. The van der Waals surface area contributed by atoms with E-state index < -0.39 is 10.0 Å². The first-order chi connectivity index (χ1) is 15.5. The molecule has 0 N–H and O–H groups in total. The number of anilines is 1. The van der Waals surface area contributed by atoms with Crippen LogP contribution < -0.4 is 4.90 Å². The minimum Gasteiger partial charge on any atom is -0.383 e. The van der Waals surface area contributed by atoms with Crippen LogP contribution in [0, 0.1) is 0 Å². The lowest BCUT2D eigenvalue weighted by Gasteiger charge is -2.26. The van der Waals surface area contributed by atoms with Gasteiger partial charge in [-0.2, -0.15) is 4.31 Å². The highest BCUT2D eigenvalue weighted by Gasteiger charge is 2.26. The molecule has 0 bridgehead atoms. The van der Waals surface area contributed by atoms with Crippen LogP contribution in [-0.2, 0) is 26.0 Å². The number of para-hydroxylation sites is 1. The maximum Gasteiger partial charge on any atom is 0.243 e. The minimum atomic E-state index is -3.48. The number of ether oxygens (including phenoxy) is 1. The highest BCUT2D eigenvalue weighted by atomic mass is 32.2. The van der Waals surface area contributed by atoms with Crippen molar-refractivity contribution in [2.45, 2.75) is 30.6 Å². The van der Waals surface area contributed by atoms with E-state index >= 15 is 0 Å². The number of nitrogens with zero attached hydrogens (tertiary/aromatic N) is 3. The molecule has 0 spiro atoms. The zero-order valence-corrected chi connectivity index (χ0v) is 19.7. The fraction of sp³-hybridized carbons (Fsp3) is 0.391. The normalized spacial score (nSPS) is 15.2. The van der Waals surface area contributed by atoms with E-state index in [1.165, 1.54) is 11.3 Å². The van der Waals surface area contributed by atoms with Crippen molar-refractivity contribution in [3.63, 3.8) is 0 Å². The SMILES string of the molecule is COCCN(C(=O)Cc1ccc(S(=O)(=O)N2CCCCC2)cc1)c1nc2ccccc2s1. The Morgan fingerprint density at radius 1 is 1.09 bits per heavy atom. The van der Waals surface area contributed by atoms with Gasteiger partial charge in [0, 0.05) is 20.2 Å². The molecular formula is C23H27N3O4S2. The van der Waals surface area contributed by atoms with E-state index in [0.717, 1.165) is 35.0 Å². The highest BCUT2D eigenvalue weighted by molar-refractivity contribution is 7.89. The van der Waals surface area contributed by atoms with Gasteiger partial charge in [-0.3, -0.25) is 9.69 Å². The molecule has 0 radical (unpaired) electrons. The first kappa shape index (κ1) is 22.8. The highest BCUT2D eigenvalue weighted by Crippen LogP contribution is 2.29. The number of methoxy groups -OCH3 is 1. The van der Waals surface area contributed by atoms with E-state index in [9.17, 15) is 13.2 Å². The van der Waals surface area contributed by atoms with E-state index in [-0.39, 0.29) is 17.2 Å². The van der Waals surface area contributed by atoms with Crippen molar-refractivity contribution in [3.8, 4) is 0 Å². The van der Waals surface area contributed by atoms with Crippen LogP contribution in [0.15, 0.2) is 53.4 Å². The second-order valence-corrected chi connectivity index (χ2v) is 10.7. The fourth-order valence-corrected chi connectivity index (χ4v) is 6.31. The lowest BCUT2D eigenvalue weighted by molar-refractivity contribution is -0.118. The number of rotatable bonds is 8. The van der Waals surface area contributed by atoms with E-state index in [1.807, 2.05) is 24.3 Å². The Morgan fingerprint density at radius 2 is 1.81 bits per heavy atom. The van der Waals surface area contributed by atoms with Gasteiger partial charge >= 0.3 is 0 Å². The molecule has 9 heteroatoms. The number of aromatic nitrogens is 1. The second-order valence-electron chi connectivity index (χ2n) is 7.79. The largest absolute Gasteiger partial charge is 0.383 e. The van der Waals surface area contributed by atoms with Gasteiger partial charge in [0.05, 0.1) is 34.7 Å². The number of thiazole rings is 1. The van der Waals surface area contributed by atoms with Crippen LogP contribution in [0.2, 0.25) is 0 Å². The van der Waals surface area contributed by atoms with Gasteiger partial charge in [0.2, 0.25) is 15.9 Å². The molecule has 1 fully saturated rings. The summed E-state index contributed by atoms with van der Waals surface area (Å²) in [6.45, 7) is 1.93. The first-order valence-corrected chi connectivity index (χ1v) is 13.0. The monoisotopic (exact) mass is 473 g/mol. The molecule has 32 heavy (non-hydrogen) atoms. The summed E-state index contributed by atoms with van der Waals surface area (Å²) in [7, 11) is -1.88. The summed E-state index contributed by atoms with van der Waals surface area (Å²) in [5, 5.41) is 0.637. The Bertz CT molecular complexity index is 1140. The van der Waals surface area contributed by atoms with Gasteiger partial charge in [0.15, 0.2) is 5.13 Å². The van der Waals surface area contributed by atoms with Gasteiger partial charge in [0.25, 0.3) is 0 Å². The van der Waals surface area contributed by atoms with Crippen molar-refractivity contribution in [1.29, 1.82) is 0 Å². The molecule has 2 heterocycles. The first-order valence-electron chi connectivity index (χ1n) is 10.7. The average Bonchev–Trinajstić information content (AvgIpc) is 3.24. The third-order valence-corrected chi connectivity index (χ3v) is 8.54. The van der Waals surface area contributed by atoms with Crippen LogP contribution in [-0.4, -0.2) is 57.0 Å². The number of piperidine rings is 1. The summed E-state index contributed by atoms with van der Waals surface area (Å²) in [5.74, 6) is -0.104. The summed E-state index contributed by atoms with van der Waals surface area (Å²) in [6, 6.07) is 14.4. The van der Waals surface area contributed by atoms with Crippen molar-refractivity contribution in [1.82, 2.24) is 9.29 Å². The topological polar surface area (TPSA) is 79.8 Å². The molecule has 4 rings (SSSR count). The molecule has 0 aliphatic carbocycles. The molecule has 3 aromatic rings. The number of amides is 1. The average molecular weight is 474 g/mol. The molecule has 1 amide bonds. The maximum absolute atomic E-state index is 13.1. The van der Waals surface area contributed by atoms with Crippen molar-refractivity contribution < 1.29 is 17.9 Å². The summed E-state index contributed by atoms with van der Waals surface area (Å²) in [6.07, 6.45) is 3.02. The van der Waals surface area contributed by atoms with Crippen molar-refractivity contribution in [2.24, 2.45) is 0 Å². The van der Waals surface area contributed by atoms with Gasteiger partial charge < -0.3 is 4.74 Å². The molecule has 7 nitrogen and oxygen atoms in total. The number of sulfonamides is 1. The Balaban J connectivity index is 1.50. The van der Waals surface area contributed by atoms with E-state index in [0.29, 0.717) is 31.4 Å². The molecule has 1 saturated heterocycles. The third-order valence-electron chi connectivity index (χ3n) is 5.57. The molecule has 1 aliphatic rings. The van der Waals surface area contributed by atoms with Gasteiger partial charge in [-0.05, 0) is 42.7 Å². The number of hydrogen-bond acceptors (Lipinski definition) is 6. The Hall–Kier alpha value is -2.33. The number of hydrogen-bond donors (Lipinski definition) is 0. The Kier molecular flexibility index (Phi) is 7.20. The van der Waals surface area contributed by atoms with Crippen LogP contribution in [0.4, 0.5) is 5.13 Å². The minimum absolute atomic E-state index is 0.104. The molecule has 1 aliphatic heterocycles. The fourth-order valence-electron chi connectivity index (χ4n) is 3.79. The quantitative estimate of drug-likeness (QED) is 0.499. The second kappa shape index (κ2) is 10.1. The summed E-state index contributed by atoms with van der Waals surface area (Å²) < 4.78 is 33.5. The smallest absolute Gasteiger partial charge is 0.243 e. The van der Waals surface area contributed by atoms with E-state index in [2.05, 4.69) is 4.98 Å². The van der Waals surface area contributed by atoms with Gasteiger partial charge in [-0.15, -0.1) is 0 Å². The molecule has 170 valence electrons. The van der Waals surface area contributed by atoms with Gasteiger partial charge in [-0.25, -0.2) is 13.4 Å². The van der Waals surface area contributed by atoms with E-state index in [4.69, 9.17) is 4.74 Å². The summed E-state index contributed by atoms with van der Waals surface area (Å²) >= 11 is 1.47. The molecule has 1 aromatic heterocycles. The third kappa shape index (κ3) is 5.01. The zero-order chi connectivity index (χ0) is 22.6. The number of benzene rings is 2. The van der Waals surface area contributed by atoms with Crippen LogP contribution in [0.25, 0.3) is 10.2 Å². The predicted octanol–water partition coefficient (Wildman–Crippen LogP) is 3.69. The number of carbonyl (C=O) groups excluding carboxylic acids is 1. The standard InChI is InChI=1S/C23H27N3O4S2/c1-30-16-15-26(23-24-20-7-3-4-8-21(20)31-23)22(27)17-18-9-11-19(12-10-18)32(28,29)25-13-5-2-6-14-25/h3-4,7-12H,2,5-6,13-17H2,1H3. The number of fused-ring (bicyclic) bond motifs is 1. The molecule has 0 unspecified atom stereocenters. The van der Waals surface area contributed by atoms with E-state index in [1.54, 1.807) is 40.6 Å². The Morgan fingerprint density at radius 3 is 2.50 bits per heavy atom. The van der Waals surface area contributed by atoms with Crippen LogP contribution in [0.5, 0.6) is 0 Å². The number of carbonyl (C=O) groups is 1. The lowest BCUT2D eigenvalue weighted by Crippen LogP contribution is -2.35. The maximum atomic E-state index is 13.1. The van der Waals surface area contributed by atoms with Crippen molar-refractivity contribution in [2.75, 3.05) is 38.3 Å². The van der Waals surface area contributed by atoms with Crippen LogP contribution in [0.3, 0.4) is 0 Å². The van der Waals surface area contributed by atoms with Crippen molar-refractivity contribution >= 4 is 42.6 Å². The van der Waals surface area contributed by atoms with Gasteiger partial charge in [-0.1, -0.05) is 42.0 Å². The summed E-state index contributed by atoms with van der Waals surface area (Å²) in [5.41, 5.74) is 1.62. The Labute approximate surface area is 192 Å². The molecule has 0 atom stereocenters. The predicted molar refractivity (Wildman–Crippen MR) is 127 cm³/mol. The van der Waals surface area contributed by atoms with Crippen molar-refractivity contribution in [3.05, 3.63) is 54.1 Å². The molecule has 0 saturated carbocycles. The lowest BCUT2D eigenvalue weighted by atomic mass is 10.1.